The van der Waals surface area contributed by atoms with Gasteiger partial charge in [0.1, 0.15) is 17.2 Å². The zero-order valence-corrected chi connectivity index (χ0v) is 16.6. The maximum absolute atomic E-state index is 12.4. The Morgan fingerprint density at radius 3 is 2.03 bits per heavy atom. The van der Waals surface area contributed by atoms with E-state index in [1.807, 2.05) is 4.90 Å². The van der Waals surface area contributed by atoms with Crippen LogP contribution in [0.5, 0.6) is 11.5 Å². The fourth-order valence-corrected chi connectivity index (χ4v) is 3.23. The number of nitro benzene ring substituents is 1. The van der Waals surface area contributed by atoms with Gasteiger partial charge in [-0.15, -0.1) is 0 Å². The average molecular weight is 414 g/mol. The number of rotatable bonds is 6. The number of hydrogen-bond donors (Lipinski definition) is 2. The lowest BCUT2D eigenvalue weighted by Crippen LogP contribution is -2.41. The Morgan fingerprint density at radius 2 is 1.50 bits per heavy atom. The summed E-state index contributed by atoms with van der Waals surface area (Å²) in [5, 5.41) is 11.5. The molecule has 158 valence electrons. The van der Waals surface area contributed by atoms with E-state index < -0.39 is 16.7 Å². The molecule has 1 aliphatic heterocycles. The first-order valence-electron chi connectivity index (χ1n) is 9.30. The Bertz CT molecular complexity index is 950. The molecule has 0 radical (unpaired) electrons. The van der Waals surface area contributed by atoms with Crippen molar-refractivity contribution in [2.75, 3.05) is 32.2 Å². The maximum atomic E-state index is 12.4. The molecular formula is C20H22N4O6. The molecule has 2 aromatic carbocycles. The van der Waals surface area contributed by atoms with Crippen LogP contribution in [0, 0.1) is 10.1 Å². The highest BCUT2D eigenvalue weighted by Crippen LogP contribution is 2.31. The third kappa shape index (κ3) is 4.59. The molecule has 0 saturated carbocycles. The zero-order chi connectivity index (χ0) is 21.7. The summed E-state index contributed by atoms with van der Waals surface area (Å²) in [7, 11) is 2.91. The highest BCUT2D eigenvalue weighted by Gasteiger charge is 2.24. The van der Waals surface area contributed by atoms with Crippen LogP contribution in [0.3, 0.4) is 0 Å². The molecule has 0 atom stereocenters. The van der Waals surface area contributed by atoms with Crippen molar-refractivity contribution in [3.8, 4) is 11.5 Å². The summed E-state index contributed by atoms with van der Waals surface area (Å²) in [5.74, 6) is -0.434. The molecule has 0 unspecified atom stereocenters. The summed E-state index contributed by atoms with van der Waals surface area (Å²) in [6.07, 6.45) is 1.95. The quantitative estimate of drug-likeness (QED) is 0.549. The molecule has 1 saturated heterocycles. The van der Waals surface area contributed by atoms with Crippen molar-refractivity contribution in [2.24, 2.45) is 0 Å². The number of nitrogens with zero attached hydrogens (tertiary/aromatic N) is 2. The second kappa shape index (κ2) is 9.12. The van der Waals surface area contributed by atoms with Crippen molar-refractivity contribution in [2.45, 2.75) is 12.8 Å². The summed E-state index contributed by atoms with van der Waals surface area (Å²) >= 11 is 0. The smallest absolute Gasteiger partial charge is 0.293 e. The number of carbonyl (C=O) groups is 2. The third-order valence-corrected chi connectivity index (χ3v) is 4.78. The molecule has 0 spiro atoms. The highest BCUT2D eigenvalue weighted by atomic mass is 16.6. The number of hydrazine groups is 1. The fourth-order valence-electron chi connectivity index (χ4n) is 3.23. The Kier molecular flexibility index (Phi) is 6.35. The van der Waals surface area contributed by atoms with E-state index in [9.17, 15) is 19.7 Å². The minimum Gasteiger partial charge on any atom is -0.497 e. The van der Waals surface area contributed by atoms with Crippen molar-refractivity contribution < 1.29 is 24.0 Å². The van der Waals surface area contributed by atoms with Crippen molar-refractivity contribution >= 4 is 23.2 Å². The van der Waals surface area contributed by atoms with Crippen molar-refractivity contribution in [1.29, 1.82) is 0 Å². The van der Waals surface area contributed by atoms with Gasteiger partial charge in [-0.1, -0.05) is 0 Å². The molecule has 2 aromatic rings. The SMILES string of the molecule is COc1cc(OC)cc(C(=O)NNC(=O)c2ccc(N3CCCC3)c([N+](=O)[O-])c2)c1. The largest absolute Gasteiger partial charge is 0.497 e. The van der Waals surface area contributed by atoms with Gasteiger partial charge in [0.15, 0.2) is 0 Å². The summed E-state index contributed by atoms with van der Waals surface area (Å²) in [5.41, 5.74) is 5.18. The van der Waals surface area contributed by atoms with Gasteiger partial charge in [0, 0.05) is 36.3 Å². The minimum absolute atomic E-state index is 0.0631. The molecule has 1 aliphatic rings. The van der Waals surface area contributed by atoms with E-state index in [4.69, 9.17) is 9.47 Å². The predicted octanol–water partition coefficient (Wildman–Crippen LogP) is 2.29. The van der Waals surface area contributed by atoms with Crippen molar-refractivity contribution in [1.82, 2.24) is 10.9 Å². The molecule has 0 aliphatic carbocycles. The van der Waals surface area contributed by atoms with Gasteiger partial charge in [0.25, 0.3) is 17.5 Å². The Balaban J connectivity index is 1.72. The summed E-state index contributed by atoms with van der Waals surface area (Å²) in [6, 6.07) is 8.85. The number of benzene rings is 2. The summed E-state index contributed by atoms with van der Waals surface area (Å²) in [4.78, 5) is 37.7. The molecule has 0 bridgehead atoms. The predicted molar refractivity (Wildman–Crippen MR) is 109 cm³/mol. The molecule has 10 heteroatoms. The van der Waals surface area contributed by atoms with E-state index in [1.165, 1.54) is 38.5 Å². The van der Waals surface area contributed by atoms with Gasteiger partial charge >= 0.3 is 0 Å². The summed E-state index contributed by atoms with van der Waals surface area (Å²) in [6.45, 7) is 1.49. The first-order valence-corrected chi connectivity index (χ1v) is 9.30. The fraction of sp³-hybridized carbons (Fsp3) is 0.300. The second-order valence-electron chi connectivity index (χ2n) is 6.66. The standard InChI is InChI=1S/C20H22N4O6/c1-29-15-9-14(10-16(12-15)30-2)20(26)22-21-19(25)13-5-6-17(18(11-13)24(27)28)23-7-3-4-8-23/h5-6,9-12H,3-4,7-8H2,1-2H3,(H,21,25)(H,22,26). The number of nitro groups is 1. The number of ether oxygens (including phenoxy) is 2. The van der Waals surface area contributed by atoms with Crippen molar-refractivity contribution in [3.05, 3.63) is 57.6 Å². The average Bonchev–Trinajstić information content (AvgIpc) is 3.31. The van der Waals surface area contributed by atoms with Gasteiger partial charge in [0.05, 0.1) is 19.1 Å². The Labute approximate surface area is 172 Å². The number of hydrogen-bond acceptors (Lipinski definition) is 7. The monoisotopic (exact) mass is 414 g/mol. The second-order valence-corrected chi connectivity index (χ2v) is 6.66. The molecule has 30 heavy (non-hydrogen) atoms. The third-order valence-electron chi connectivity index (χ3n) is 4.78. The van der Waals surface area contributed by atoms with Gasteiger partial charge in [-0.25, -0.2) is 0 Å². The van der Waals surface area contributed by atoms with Gasteiger partial charge in [-0.2, -0.15) is 0 Å². The maximum Gasteiger partial charge on any atom is 0.293 e. The van der Waals surface area contributed by atoms with E-state index in [0.29, 0.717) is 17.2 Å². The Morgan fingerprint density at radius 1 is 0.933 bits per heavy atom. The van der Waals surface area contributed by atoms with Crippen LogP contribution in [0.4, 0.5) is 11.4 Å². The first kappa shape index (κ1) is 20.9. The van der Waals surface area contributed by atoms with Crippen LogP contribution in [0.15, 0.2) is 36.4 Å². The van der Waals surface area contributed by atoms with E-state index >= 15 is 0 Å². The van der Waals surface area contributed by atoms with Crippen LogP contribution in [-0.4, -0.2) is 44.0 Å². The summed E-state index contributed by atoms with van der Waals surface area (Å²) < 4.78 is 10.2. The van der Waals surface area contributed by atoms with Gasteiger partial charge < -0.3 is 14.4 Å². The highest BCUT2D eigenvalue weighted by molar-refractivity contribution is 6.00. The molecule has 3 rings (SSSR count). The number of anilines is 1. The number of carbonyl (C=O) groups excluding carboxylic acids is 2. The number of methoxy groups -OCH3 is 2. The molecule has 1 fully saturated rings. The van der Waals surface area contributed by atoms with Crippen LogP contribution in [0.2, 0.25) is 0 Å². The molecular weight excluding hydrogens is 392 g/mol. The van der Waals surface area contributed by atoms with Gasteiger partial charge in [-0.3, -0.25) is 30.6 Å². The van der Waals surface area contributed by atoms with Gasteiger partial charge in [0.2, 0.25) is 0 Å². The lowest BCUT2D eigenvalue weighted by Gasteiger charge is -2.17. The van der Waals surface area contributed by atoms with E-state index in [0.717, 1.165) is 25.9 Å². The molecule has 2 N–H and O–H groups in total. The first-order chi connectivity index (χ1) is 14.4. The van der Waals surface area contributed by atoms with Crippen molar-refractivity contribution in [3.63, 3.8) is 0 Å². The van der Waals surface area contributed by atoms with Crippen LogP contribution < -0.4 is 25.2 Å². The molecule has 0 aromatic heterocycles. The number of nitrogens with one attached hydrogen (secondary N) is 2. The topological polar surface area (TPSA) is 123 Å². The zero-order valence-electron chi connectivity index (χ0n) is 16.6. The van der Waals surface area contributed by atoms with Crippen LogP contribution in [0.25, 0.3) is 0 Å². The van der Waals surface area contributed by atoms with Crippen LogP contribution in [0.1, 0.15) is 33.6 Å². The molecule has 1 heterocycles. The lowest BCUT2D eigenvalue weighted by molar-refractivity contribution is -0.384. The van der Waals surface area contributed by atoms with E-state index in [-0.39, 0.29) is 16.8 Å². The molecule has 2 amide bonds. The van der Waals surface area contributed by atoms with Crippen LogP contribution >= 0.6 is 0 Å². The number of amides is 2. The molecule has 10 nitrogen and oxygen atoms in total. The van der Waals surface area contributed by atoms with Gasteiger partial charge in [-0.05, 0) is 37.1 Å². The van der Waals surface area contributed by atoms with Crippen LogP contribution in [-0.2, 0) is 0 Å². The van der Waals surface area contributed by atoms with E-state index in [2.05, 4.69) is 10.9 Å². The normalized spacial score (nSPS) is 12.9. The van der Waals surface area contributed by atoms with E-state index in [1.54, 1.807) is 12.1 Å². The lowest BCUT2D eigenvalue weighted by atomic mass is 10.1. The minimum atomic E-state index is -0.672. The Hall–Kier alpha value is -3.82.